The Labute approximate surface area is 161 Å². The number of hydrogen-bond acceptors (Lipinski definition) is 3. The zero-order valence-electron chi connectivity index (χ0n) is 14.3. The minimum atomic E-state index is -5.34. The van der Waals surface area contributed by atoms with E-state index in [9.17, 15) is 39.9 Å². The minimum Gasteiger partial charge on any atom is -0.366 e. The van der Waals surface area contributed by atoms with E-state index in [0.717, 1.165) is 30.3 Å². The van der Waals surface area contributed by atoms with Crippen LogP contribution < -0.4 is 5.73 Å². The molecule has 1 aromatic heterocycles. The number of nitrogens with two attached hydrogens (primary N) is 1. The second-order valence-electron chi connectivity index (χ2n) is 5.85. The Balaban J connectivity index is 2.36. The van der Waals surface area contributed by atoms with Gasteiger partial charge in [-0.2, -0.15) is 26.3 Å². The topological polar surface area (TPSA) is 73.8 Å². The summed E-state index contributed by atoms with van der Waals surface area (Å²) in [5, 5.41) is 5.16. The molecule has 30 heavy (non-hydrogen) atoms. The van der Waals surface area contributed by atoms with Crippen molar-refractivity contribution in [2.45, 2.75) is 12.4 Å². The molecule has 3 rings (SSSR count). The number of primary amides is 1. The van der Waals surface area contributed by atoms with E-state index < -0.39 is 63.9 Å². The Morgan fingerprint density at radius 3 is 1.83 bits per heavy atom. The van der Waals surface area contributed by atoms with E-state index in [0.29, 0.717) is 0 Å². The van der Waals surface area contributed by atoms with Crippen LogP contribution in [0.4, 0.5) is 35.1 Å². The first-order valence-corrected chi connectivity index (χ1v) is 7.81. The standard InChI is InChI=1S/C17H8F8N4O/c18-11-8(5-6-9(12(11)19)13(26)30)7-3-1-2-4-10(7)29-14(16(20,21)22)27-28-15(29)17(23,24)25/h1-6H,(H2,26,30). The van der Waals surface area contributed by atoms with Crippen molar-refractivity contribution >= 4 is 5.91 Å². The summed E-state index contributed by atoms with van der Waals surface area (Å²) in [6.07, 6.45) is -10.7. The van der Waals surface area contributed by atoms with Crippen LogP contribution >= 0.6 is 0 Å². The molecule has 158 valence electrons. The number of para-hydroxylation sites is 1. The molecule has 0 radical (unpaired) electrons. The predicted octanol–water partition coefficient (Wildman–Crippen LogP) is 4.35. The van der Waals surface area contributed by atoms with Crippen molar-refractivity contribution < 1.29 is 39.9 Å². The van der Waals surface area contributed by atoms with Crippen molar-refractivity contribution in [1.82, 2.24) is 14.8 Å². The largest absolute Gasteiger partial charge is 0.452 e. The van der Waals surface area contributed by atoms with E-state index in [1.807, 2.05) is 0 Å². The van der Waals surface area contributed by atoms with Crippen LogP contribution in [0.2, 0.25) is 0 Å². The van der Waals surface area contributed by atoms with Crippen LogP contribution in [0.5, 0.6) is 0 Å². The van der Waals surface area contributed by atoms with Gasteiger partial charge in [0.15, 0.2) is 11.6 Å². The van der Waals surface area contributed by atoms with Crippen molar-refractivity contribution in [3.63, 3.8) is 0 Å². The zero-order chi connectivity index (χ0) is 22.4. The highest BCUT2D eigenvalue weighted by atomic mass is 19.4. The third-order valence-corrected chi connectivity index (χ3v) is 3.95. The minimum absolute atomic E-state index is 0.339. The molecule has 13 heteroatoms. The van der Waals surface area contributed by atoms with Crippen molar-refractivity contribution in [2.24, 2.45) is 5.73 Å². The number of aromatic nitrogens is 3. The quantitative estimate of drug-likeness (QED) is 0.621. The summed E-state index contributed by atoms with van der Waals surface area (Å²) in [5.74, 6) is -8.74. The average Bonchev–Trinajstić information content (AvgIpc) is 3.09. The lowest BCUT2D eigenvalue weighted by Crippen LogP contribution is -2.20. The van der Waals surface area contributed by atoms with E-state index in [-0.39, 0.29) is 4.57 Å². The number of hydrogen-bond donors (Lipinski definition) is 1. The van der Waals surface area contributed by atoms with E-state index in [1.54, 1.807) is 0 Å². The van der Waals surface area contributed by atoms with Crippen LogP contribution in [-0.4, -0.2) is 20.7 Å². The summed E-state index contributed by atoms with van der Waals surface area (Å²) in [4.78, 5) is 11.1. The SMILES string of the molecule is NC(=O)c1ccc(-c2ccccc2-n2c(C(F)(F)F)nnc2C(F)(F)F)c(F)c1F. The molecule has 3 aromatic rings. The van der Waals surface area contributed by atoms with Gasteiger partial charge in [0.25, 0.3) is 5.91 Å². The summed E-state index contributed by atoms with van der Waals surface area (Å²) in [6.45, 7) is 0. The molecular formula is C17H8F8N4O. The molecule has 0 aliphatic carbocycles. The average molecular weight is 436 g/mol. The molecule has 1 amide bonds. The lowest BCUT2D eigenvalue weighted by molar-refractivity contribution is -0.152. The number of benzene rings is 2. The van der Waals surface area contributed by atoms with E-state index in [4.69, 9.17) is 5.73 Å². The fourth-order valence-corrected chi connectivity index (χ4v) is 2.72. The van der Waals surface area contributed by atoms with Crippen LogP contribution in [0.25, 0.3) is 16.8 Å². The molecule has 0 spiro atoms. The van der Waals surface area contributed by atoms with Crippen LogP contribution in [0.15, 0.2) is 36.4 Å². The Morgan fingerprint density at radius 1 is 0.800 bits per heavy atom. The maximum absolute atomic E-state index is 14.5. The number of carbonyl (C=O) groups excluding carboxylic acids is 1. The molecule has 0 atom stereocenters. The first-order valence-electron chi connectivity index (χ1n) is 7.81. The van der Waals surface area contributed by atoms with E-state index in [1.165, 1.54) is 6.07 Å². The van der Waals surface area contributed by atoms with Gasteiger partial charge in [-0.15, -0.1) is 10.2 Å². The van der Waals surface area contributed by atoms with Crippen LogP contribution in [0.1, 0.15) is 22.0 Å². The summed E-state index contributed by atoms with van der Waals surface area (Å²) >= 11 is 0. The Hall–Kier alpha value is -3.51. The van der Waals surface area contributed by atoms with Crippen molar-refractivity contribution in [3.8, 4) is 16.8 Å². The van der Waals surface area contributed by atoms with Crippen LogP contribution in [0, 0.1) is 11.6 Å². The Bertz CT molecular complexity index is 1100. The lowest BCUT2D eigenvalue weighted by atomic mass is 10.00. The molecular weight excluding hydrogens is 428 g/mol. The number of carbonyl (C=O) groups is 1. The van der Waals surface area contributed by atoms with Gasteiger partial charge in [0.05, 0.1) is 11.3 Å². The van der Waals surface area contributed by atoms with Gasteiger partial charge >= 0.3 is 12.4 Å². The molecule has 0 fully saturated rings. The maximum Gasteiger partial charge on any atom is 0.452 e. The lowest BCUT2D eigenvalue weighted by Gasteiger charge is -2.17. The second-order valence-corrected chi connectivity index (χ2v) is 5.85. The Morgan fingerprint density at radius 2 is 1.33 bits per heavy atom. The summed E-state index contributed by atoms with van der Waals surface area (Å²) in [5.41, 5.74) is 2.00. The third-order valence-electron chi connectivity index (χ3n) is 3.95. The second kappa shape index (κ2) is 7.07. The molecule has 2 aromatic carbocycles. The van der Waals surface area contributed by atoms with Gasteiger partial charge in [-0.1, -0.05) is 24.3 Å². The molecule has 0 saturated heterocycles. The van der Waals surface area contributed by atoms with E-state index in [2.05, 4.69) is 10.2 Å². The highest BCUT2D eigenvalue weighted by molar-refractivity contribution is 5.94. The first kappa shape index (κ1) is 21.2. The number of alkyl halides is 6. The van der Waals surface area contributed by atoms with Crippen LogP contribution in [0.3, 0.4) is 0 Å². The smallest absolute Gasteiger partial charge is 0.366 e. The van der Waals surface area contributed by atoms with Crippen molar-refractivity contribution in [1.29, 1.82) is 0 Å². The van der Waals surface area contributed by atoms with Crippen molar-refractivity contribution in [3.05, 3.63) is 65.2 Å². The molecule has 0 saturated carbocycles. The molecule has 0 bridgehead atoms. The summed E-state index contributed by atoms with van der Waals surface area (Å²) in [6, 6.07) is 5.63. The van der Waals surface area contributed by atoms with Gasteiger partial charge in [0, 0.05) is 11.1 Å². The summed E-state index contributed by atoms with van der Waals surface area (Å²) < 4.78 is 108. The fraction of sp³-hybridized carbons (Fsp3) is 0.118. The van der Waals surface area contributed by atoms with Gasteiger partial charge in [0.2, 0.25) is 11.6 Å². The number of amides is 1. The number of halogens is 8. The monoisotopic (exact) mass is 436 g/mol. The molecule has 5 nitrogen and oxygen atoms in total. The van der Waals surface area contributed by atoms with Gasteiger partial charge < -0.3 is 5.73 Å². The van der Waals surface area contributed by atoms with Gasteiger partial charge in [-0.25, -0.2) is 8.78 Å². The summed E-state index contributed by atoms with van der Waals surface area (Å²) in [7, 11) is 0. The third kappa shape index (κ3) is 3.57. The highest BCUT2D eigenvalue weighted by Gasteiger charge is 2.46. The number of rotatable bonds is 3. The molecule has 0 unspecified atom stereocenters. The highest BCUT2D eigenvalue weighted by Crippen LogP contribution is 2.39. The van der Waals surface area contributed by atoms with E-state index >= 15 is 0 Å². The molecule has 1 heterocycles. The van der Waals surface area contributed by atoms with Gasteiger partial charge in [0.1, 0.15) is 0 Å². The molecule has 2 N–H and O–H groups in total. The first-order chi connectivity index (χ1) is 13.8. The van der Waals surface area contributed by atoms with Crippen LogP contribution in [-0.2, 0) is 12.4 Å². The maximum atomic E-state index is 14.5. The number of nitrogens with zero attached hydrogens (tertiary/aromatic N) is 3. The molecule has 0 aliphatic heterocycles. The fourth-order valence-electron chi connectivity index (χ4n) is 2.72. The predicted molar refractivity (Wildman–Crippen MR) is 85.2 cm³/mol. The van der Waals surface area contributed by atoms with Gasteiger partial charge in [-0.3, -0.25) is 9.36 Å². The zero-order valence-corrected chi connectivity index (χ0v) is 14.3. The van der Waals surface area contributed by atoms with Gasteiger partial charge in [-0.05, 0) is 12.1 Å². The normalized spacial score (nSPS) is 12.3. The van der Waals surface area contributed by atoms with Crippen molar-refractivity contribution in [2.75, 3.05) is 0 Å². The molecule has 0 aliphatic rings. The Kier molecular flexibility index (Phi) is 5.00.